The van der Waals surface area contributed by atoms with Crippen molar-refractivity contribution >= 4 is 34.3 Å². The van der Waals surface area contributed by atoms with Gasteiger partial charge in [-0.05, 0) is 24.3 Å². The highest BCUT2D eigenvalue weighted by Gasteiger charge is 2.08. The predicted octanol–water partition coefficient (Wildman–Crippen LogP) is 2.72. The summed E-state index contributed by atoms with van der Waals surface area (Å²) in [6.07, 6.45) is 0. The molecule has 5 nitrogen and oxygen atoms in total. The molecule has 94 valence electrons. The van der Waals surface area contributed by atoms with Gasteiger partial charge in [-0.15, -0.1) is 0 Å². The number of amides is 1. The molecule has 0 aliphatic carbocycles. The maximum absolute atomic E-state index is 11.2. The zero-order valence-corrected chi connectivity index (χ0v) is 11.8. The average Bonchev–Trinajstić information content (AvgIpc) is 2.87. The number of nitrogens with one attached hydrogen (secondary N) is 1. The number of hydrogen-bond acceptors (Lipinski definition) is 4. The molecule has 0 bridgehead atoms. The Balaban J connectivity index is 2.15. The quantitative estimate of drug-likeness (QED) is 0.674. The molecule has 0 spiro atoms. The Kier molecular flexibility index (Phi) is 4.19. The lowest BCUT2D eigenvalue weighted by Gasteiger charge is -1.99. The fourth-order valence-corrected chi connectivity index (χ4v) is 1.59. The highest BCUT2D eigenvalue weighted by molar-refractivity contribution is 14.1. The van der Waals surface area contributed by atoms with Crippen LogP contribution in [0.25, 0.3) is 11.3 Å². The Morgan fingerprint density at radius 3 is 2.78 bits per heavy atom. The molecule has 0 radical (unpaired) electrons. The normalized spacial score (nSPS) is 10.1. The molecule has 1 aromatic heterocycles. The van der Waals surface area contributed by atoms with Gasteiger partial charge in [0, 0.05) is 11.6 Å². The van der Waals surface area contributed by atoms with Crippen molar-refractivity contribution in [2.45, 2.75) is 0 Å². The number of ether oxygens (including phenoxy) is 1. The van der Waals surface area contributed by atoms with E-state index in [-0.39, 0.29) is 5.91 Å². The van der Waals surface area contributed by atoms with Crippen LogP contribution in [0.5, 0.6) is 5.75 Å². The number of halogens is 1. The molecule has 1 amide bonds. The van der Waals surface area contributed by atoms with Crippen LogP contribution >= 0.6 is 22.6 Å². The molecule has 0 unspecified atom stereocenters. The molecular formula is C12H11IN2O3. The summed E-state index contributed by atoms with van der Waals surface area (Å²) in [6, 6.07) is 9.08. The lowest BCUT2D eigenvalue weighted by molar-refractivity contribution is -0.113. The summed E-state index contributed by atoms with van der Waals surface area (Å²) < 4.78 is 10.6. The second-order valence-electron chi connectivity index (χ2n) is 3.49. The molecule has 6 heteroatoms. The molecule has 0 aliphatic rings. The van der Waals surface area contributed by atoms with Crippen LogP contribution < -0.4 is 10.1 Å². The Hall–Kier alpha value is -1.57. The first-order valence-corrected chi connectivity index (χ1v) is 6.72. The van der Waals surface area contributed by atoms with E-state index in [0.29, 0.717) is 16.0 Å². The molecule has 2 aromatic rings. The number of benzene rings is 1. The maximum Gasteiger partial charge on any atom is 0.235 e. The molecule has 18 heavy (non-hydrogen) atoms. The largest absolute Gasteiger partial charge is 0.497 e. The summed E-state index contributed by atoms with van der Waals surface area (Å²) >= 11 is 1.98. The number of alkyl halides is 1. The minimum absolute atomic E-state index is 0.106. The van der Waals surface area contributed by atoms with E-state index in [4.69, 9.17) is 9.26 Å². The molecule has 0 saturated carbocycles. The number of methoxy groups -OCH3 is 1. The molecule has 0 atom stereocenters. The van der Waals surface area contributed by atoms with Gasteiger partial charge in [-0.25, -0.2) is 0 Å². The smallest absolute Gasteiger partial charge is 0.235 e. The molecule has 1 heterocycles. The second kappa shape index (κ2) is 5.85. The molecule has 1 N–H and O–H groups in total. The van der Waals surface area contributed by atoms with Crippen LogP contribution in [0.1, 0.15) is 0 Å². The zero-order chi connectivity index (χ0) is 13.0. The van der Waals surface area contributed by atoms with Crippen LogP contribution in [0.15, 0.2) is 34.9 Å². The van der Waals surface area contributed by atoms with Crippen molar-refractivity contribution in [1.82, 2.24) is 5.16 Å². The number of hydrogen-bond donors (Lipinski definition) is 1. The van der Waals surface area contributed by atoms with Crippen LogP contribution in [0, 0.1) is 0 Å². The Labute approximate surface area is 118 Å². The maximum atomic E-state index is 11.2. The number of nitrogens with zero attached hydrogens (tertiary/aromatic N) is 1. The number of carbonyl (C=O) groups is 1. The number of carbonyl (C=O) groups excluding carboxylic acids is 1. The van der Waals surface area contributed by atoms with Crippen molar-refractivity contribution in [2.75, 3.05) is 16.9 Å². The molecular weight excluding hydrogens is 347 g/mol. The molecule has 0 saturated heterocycles. The third-order valence-corrected chi connectivity index (χ3v) is 2.97. The van der Waals surface area contributed by atoms with Crippen molar-refractivity contribution in [2.24, 2.45) is 0 Å². The van der Waals surface area contributed by atoms with Crippen molar-refractivity contribution in [3.63, 3.8) is 0 Å². The third-order valence-electron chi connectivity index (χ3n) is 2.27. The van der Waals surface area contributed by atoms with E-state index in [0.717, 1.165) is 11.3 Å². The number of rotatable bonds is 4. The SMILES string of the molecule is COc1ccc(-c2cc(NC(=O)CI)no2)cc1. The number of anilines is 1. The van der Waals surface area contributed by atoms with E-state index < -0.39 is 0 Å². The van der Waals surface area contributed by atoms with Crippen molar-refractivity contribution in [1.29, 1.82) is 0 Å². The van der Waals surface area contributed by atoms with E-state index in [1.165, 1.54) is 0 Å². The van der Waals surface area contributed by atoms with Gasteiger partial charge >= 0.3 is 0 Å². The van der Waals surface area contributed by atoms with Crippen molar-refractivity contribution in [3.8, 4) is 17.1 Å². The fraction of sp³-hybridized carbons (Fsp3) is 0.167. The van der Waals surface area contributed by atoms with Crippen LogP contribution in [-0.2, 0) is 4.79 Å². The molecule has 0 aliphatic heterocycles. The summed E-state index contributed by atoms with van der Waals surface area (Å²) in [7, 11) is 1.61. The molecule has 0 fully saturated rings. The summed E-state index contributed by atoms with van der Waals surface area (Å²) in [5.74, 6) is 1.69. The Bertz CT molecular complexity index is 537. The van der Waals surface area contributed by atoms with Crippen molar-refractivity contribution in [3.05, 3.63) is 30.3 Å². The van der Waals surface area contributed by atoms with Crippen LogP contribution in [0.4, 0.5) is 5.82 Å². The first-order valence-electron chi connectivity index (χ1n) is 5.20. The summed E-state index contributed by atoms with van der Waals surface area (Å²) in [5.41, 5.74) is 0.873. The predicted molar refractivity (Wildman–Crippen MR) is 76.0 cm³/mol. The van der Waals surface area contributed by atoms with Gasteiger partial charge in [-0.3, -0.25) is 4.79 Å². The number of aromatic nitrogens is 1. The van der Waals surface area contributed by atoms with Crippen LogP contribution in [0.2, 0.25) is 0 Å². The van der Waals surface area contributed by atoms with Gasteiger partial charge in [0.05, 0.1) is 11.5 Å². The lowest BCUT2D eigenvalue weighted by atomic mass is 10.2. The molecule has 2 rings (SSSR count). The van der Waals surface area contributed by atoms with Crippen LogP contribution in [0.3, 0.4) is 0 Å². The zero-order valence-electron chi connectivity index (χ0n) is 9.64. The third kappa shape index (κ3) is 3.00. The van der Waals surface area contributed by atoms with E-state index >= 15 is 0 Å². The highest BCUT2D eigenvalue weighted by atomic mass is 127. The summed E-state index contributed by atoms with van der Waals surface area (Å²) in [4.78, 5) is 11.2. The van der Waals surface area contributed by atoms with E-state index in [1.807, 2.05) is 46.9 Å². The highest BCUT2D eigenvalue weighted by Crippen LogP contribution is 2.24. The Morgan fingerprint density at radius 1 is 1.44 bits per heavy atom. The minimum Gasteiger partial charge on any atom is -0.497 e. The van der Waals surface area contributed by atoms with Crippen molar-refractivity contribution < 1.29 is 14.1 Å². The summed E-state index contributed by atoms with van der Waals surface area (Å²) in [6.45, 7) is 0. The first kappa shape index (κ1) is 12.9. The second-order valence-corrected chi connectivity index (χ2v) is 4.25. The van der Waals surface area contributed by atoms with Gasteiger partial charge in [-0.2, -0.15) is 0 Å². The fourth-order valence-electron chi connectivity index (χ4n) is 1.40. The Morgan fingerprint density at radius 2 is 2.17 bits per heavy atom. The lowest BCUT2D eigenvalue weighted by Crippen LogP contribution is -2.12. The van der Waals surface area contributed by atoms with Gasteiger partial charge < -0.3 is 14.6 Å². The van der Waals surface area contributed by atoms with Gasteiger partial charge in [0.15, 0.2) is 11.6 Å². The van der Waals surface area contributed by atoms with E-state index in [9.17, 15) is 4.79 Å². The first-order chi connectivity index (χ1) is 8.72. The topological polar surface area (TPSA) is 64.4 Å². The van der Waals surface area contributed by atoms with E-state index in [1.54, 1.807) is 13.2 Å². The van der Waals surface area contributed by atoms with Gasteiger partial charge in [-0.1, -0.05) is 27.7 Å². The minimum atomic E-state index is -0.106. The average molecular weight is 358 g/mol. The standard InChI is InChI=1S/C12H11IN2O3/c1-17-9-4-2-8(3-5-9)10-6-11(15-18-10)14-12(16)7-13/h2-6H,7H2,1H3,(H,14,15,16). The van der Waals surface area contributed by atoms with Gasteiger partial charge in [0.25, 0.3) is 0 Å². The van der Waals surface area contributed by atoms with Gasteiger partial charge in [0.1, 0.15) is 5.75 Å². The van der Waals surface area contributed by atoms with Crippen LogP contribution in [-0.4, -0.2) is 22.6 Å². The summed E-state index contributed by atoms with van der Waals surface area (Å²) in [5, 5.41) is 6.41. The van der Waals surface area contributed by atoms with Gasteiger partial charge in [0.2, 0.25) is 5.91 Å². The van der Waals surface area contributed by atoms with E-state index in [2.05, 4.69) is 10.5 Å². The molecule has 1 aromatic carbocycles. The monoisotopic (exact) mass is 358 g/mol.